The Morgan fingerprint density at radius 1 is 1.44 bits per heavy atom. The van der Waals surface area contributed by atoms with E-state index in [9.17, 15) is 4.79 Å². The Labute approximate surface area is 99.8 Å². The topological polar surface area (TPSA) is 52.9 Å². The zero-order chi connectivity index (χ0) is 11.8. The Morgan fingerprint density at radius 3 is 2.69 bits per heavy atom. The summed E-state index contributed by atoms with van der Waals surface area (Å²) >= 11 is 1.80. The Morgan fingerprint density at radius 2 is 2.12 bits per heavy atom. The molecule has 0 unspecified atom stereocenters. The van der Waals surface area contributed by atoms with Crippen LogP contribution in [-0.4, -0.2) is 18.2 Å². The van der Waals surface area contributed by atoms with E-state index in [2.05, 4.69) is 36.5 Å². The first-order chi connectivity index (χ1) is 7.76. The lowest BCUT2D eigenvalue weighted by Crippen LogP contribution is -2.23. The van der Waals surface area contributed by atoms with E-state index in [-0.39, 0.29) is 0 Å². The molecule has 3 nitrogen and oxygen atoms in total. The van der Waals surface area contributed by atoms with Crippen molar-refractivity contribution in [1.82, 2.24) is 5.32 Å². The predicted molar refractivity (Wildman–Crippen MR) is 65.2 cm³/mol. The summed E-state index contributed by atoms with van der Waals surface area (Å²) in [7, 11) is 0. The van der Waals surface area contributed by atoms with Crippen molar-refractivity contribution in [3.63, 3.8) is 0 Å². The lowest BCUT2D eigenvalue weighted by atomic mass is 10.1. The Kier molecular flexibility index (Phi) is 5.44. The molecule has 0 aliphatic heterocycles. The van der Waals surface area contributed by atoms with Crippen LogP contribution in [-0.2, 0) is 11.2 Å². The van der Waals surface area contributed by atoms with Crippen molar-refractivity contribution in [3.8, 4) is 6.07 Å². The van der Waals surface area contributed by atoms with Gasteiger partial charge in [0.25, 0.3) is 0 Å². The number of hydrogen-bond donors (Lipinski definition) is 1. The van der Waals surface area contributed by atoms with Crippen LogP contribution in [0.1, 0.15) is 12.5 Å². The first-order valence-corrected chi connectivity index (χ1v) is 6.14. The zero-order valence-corrected chi connectivity index (χ0v) is 10.0. The van der Waals surface area contributed by atoms with Crippen molar-refractivity contribution in [1.29, 1.82) is 5.26 Å². The van der Waals surface area contributed by atoms with Crippen LogP contribution in [0.15, 0.2) is 29.2 Å². The molecular weight excluding hydrogens is 220 g/mol. The highest BCUT2D eigenvalue weighted by atomic mass is 32.2. The molecule has 0 aromatic heterocycles. The lowest BCUT2D eigenvalue weighted by molar-refractivity contribution is -0.115. The molecule has 0 atom stereocenters. The first-order valence-electron chi connectivity index (χ1n) is 5.16. The highest BCUT2D eigenvalue weighted by Crippen LogP contribution is 2.17. The number of amides is 1. The molecule has 4 heteroatoms. The Bertz CT molecular complexity index is 381. The van der Waals surface area contributed by atoms with Gasteiger partial charge in [-0.25, -0.2) is 0 Å². The standard InChI is InChI=1S/C12H14N2OS/c1-2-16-11-5-3-10(4-6-11)7-8-14-12(15)9-13/h3-6H,2,7-8H2,1H3,(H,14,15). The third-order valence-corrected chi connectivity index (χ3v) is 2.93. The normalized spacial score (nSPS) is 9.50. The van der Waals surface area contributed by atoms with Crippen LogP contribution in [0.25, 0.3) is 0 Å². The Hall–Kier alpha value is -1.47. The van der Waals surface area contributed by atoms with Crippen molar-refractivity contribution in [2.24, 2.45) is 0 Å². The van der Waals surface area contributed by atoms with Gasteiger partial charge in [0.05, 0.1) is 0 Å². The molecule has 0 aliphatic carbocycles. The molecule has 1 amide bonds. The smallest absolute Gasteiger partial charge is 0.322 e. The van der Waals surface area contributed by atoms with Crippen LogP contribution in [0.5, 0.6) is 0 Å². The van der Waals surface area contributed by atoms with Gasteiger partial charge in [-0.05, 0) is 29.9 Å². The van der Waals surface area contributed by atoms with Gasteiger partial charge in [0.1, 0.15) is 0 Å². The average molecular weight is 234 g/mol. The summed E-state index contributed by atoms with van der Waals surface area (Å²) in [6.07, 6.45) is 0.754. The molecule has 1 aromatic carbocycles. The van der Waals surface area contributed by atoms with E-state index in [1.807, 2.05) is 0 Å². The quantitative estimate of drug-likeness (QED) is 0.626. The van der Waals surface area contributed by atoms with E-state index in [0.717, 1.165) is 12.2 Å². The van der Waals surface area contributed by atoms with Gasteiger partial charge < -0.3 is 5.32 Å². The van der Waals surface area contributed by atoms with Crippen LogP contribution in [0.3, 0.4) is 0 Å². The molecule has 1 rings (SSSR count). The second-order valence-corrected chi connectivity index (χ2v) is 4.53. The van der Waals surface area contributed by atoms with Gasteiger partial charge in [0, 0.05) is 11.4 Å². The van der Waals surface area contributed by atoms with Crippen LogP contribution in [0.4, 0.5) is 0 Å². The maximum absolute atomic E-state index is 10.7. The number of carbonyl (C=O) groups excluding carboxylic acids is 1. The molecule has 1 N–H and O–H groups in total. The number of carbonyl (C=O) groups is 1. The SMILES string of the molecule is CCSc1ccc(CCNC(=O)C#N)cc1. The van der Waals surface area contributed by atoms with E-state index in [0.29, 0.717) is 6.54 Å². The molecule has 16 heavy (non-hydrogen) atoms. The number of hydrogen-bond acceptors (Lipinski definition) is 3. The number of nitrogens with zero attached hydrogens (tertiary/aromatic N) is 1. The van der Waals surface area contributed by atoms with Crippen molar-refractivity contribution < 1.29 is 4.79 Å². The number of nitrogens with one attached hydrogen (secondary N) is 1. The van der Waals surface area contributed by atoms with E-state index < -0.39 is 5.91 Å². The van der Waals surface area contributed by atoms with E-state index in [1.165, 1.54) is 16.5 Å². The molecule has 0 aliphatic rings. The van der Waals surface area contributed by atoms with Gasteiger partial charge in [-0.15, -0.1) is 11.8 Å². The molecule has 0 spiro atoms. The molecule has 0 saturated heterocycles. The minimum absolute atomic E-state index is 0.507. The van der Waals surface area contributed by atoms with Gasteiger partial charge in [-0.3, -0.25) is 4.79 Å². The highest BCUT2D eigenvalue weighted by Gasteiger charge is 1.98. The van der Waals surface area contributed by atoms with Crippen molar-refractivity contribution in [2.75, 3.05) is 12.3 Å². The van der Waals surface area contributed by atoms with Crippen LogP contribution in [0.2, 0.25) is 0 Å². The summed E-state index contributed by atoms with van der Waals surface area (Å²) in [5, 5.41) is 10.8. The molecule has 0 bridgehead atoms. The molecule has 0 fully saturated rings. The maximum Gasteiger partial charge on any atom is 0.322 e. The summed E-state index contributed by atoms with van der Waals surface area (Å²) < 4.78 is 0. The summed E-state index contributed by atoms with van der Waals surface area (Å²) in [6.45, 7) is 2.63. The fraction of sp³-hybridized carbons (Fsp3) is 0.333. The van der Waals surface area contributed by atoms with E-state index >= 15 is 0 Å². The van der Waals surface area contributed by atoms with Crippen molar-refractivity contribution in [2.45, 2.75) is 18.2 Å². The minimum atomic E-state index is -0.571. The van der Waals surface area contributed by atoms with Crippen LogP contribution >= 0.6 is 11.8 Å². The van der Waals surface area contributed by atoms with Gasteiger partial charge in [-0.2, -0.15) is 5.26 Å². The fourth-order valence-corrected chi connectivity index (χ4v) is 1.94. The second-order valence-electron chi connectivity index (χ2n) is 3.19. The van der Waals surface area contributed by atoms with Crippen LogP contribution < -0.4 is 5.32 Å². The summed E-state index contributed by atoms with van der Waals surface area (Å²) in [4.78, 5) is 11.9. The number of nitriles is 1. The molecule has 0 heterocycles. The first kappa shape index (κ1) is 12.6. The molecule has 0 saturated carbocycles. The van der Waals surface area contributed by atoms with E-state index in [1.54, 1.807) is 11.8 Å². The predicted octanol–water partition coefficient (Wildman–Crippen LogP) is 1.98. The molecule has 84 valence electrons. The number of benzene rings is 1. The van der Waals surface area contributed by atoms with Gasteiger partial charge in [0.15, 0.2) is 6.07 Å². The zero-order valence-electron chi connectivity index (χ0n) is 9.19. The average Bonchev–Trinajstić information content (AvgIpc) is 2.31. The summed E-state index contributed by atoms with van der Waals surface area (Å²) in [6, 6.07) is 9.79. The van der Waals surface area contributed by atoms with Gasteiger partial charge in [0.2, 0.25) is 0 Å². The fourth-order valence-electron chi connectivity index (χ4n) is 1.28. The largest absolute Gasteiger partial charge is 0.343 e. The van der Waals surface area contributed by atoms with Crippen molar-refractivity contribution >= 4 is 17.7 Å². The third kappa shape index (κ3) is 4.37. The van der Waals surface area contributed by atoms with Crippen LogP contribution in [0, 0.1) is 11.3 Å². The molecule has 1 aromatic rings. The lowest BCUT2D eigenvalue weighted by Gasteiger charge is -2.03. The molecular formula is C12H14N2OS. The van der Waals surface area contributed by atoms with E-state index in [4.69, 9.17) is 5.26 Å². The monoisotopic (exact) mass is 234 g/mol. The van der Waals surface area contributed by atoms with Gasteiger partial charge >= 0.3 is 5.91 Å². The second kappa shape index (κ2) is 6.91. The van der Waals surface area contributed by atoms with Gasteiger partial charge in [-0.1, -0.05) is 19.1 Å². The number of rotatable bonds is 5. The number of thioether (sulfide) groups is 1. The Balaban J connectivity index is 2.38. The van der Waals surface area contributed by atoms with Crippen molar-refractivity contribution in [3.05, 3.63) is 29.8 Å². The maximum atomic E-state index is 10.7. The molecule has 0 radical (unpaired) electrons. The summed E-state index contributed by atoms with van der Waals surface area (Å²) in [5.74, 6) is 0.496. The minimum Gasteiger partial charge on any atom is -0.343 e. The highest BCUT2D eigenvalue weighted by molar-refractivity contribution is 7.99. The third-order valence-electron chi connectivity index (χ3n) is 2.04. The summed E-state index contributed by atoms with van der Waals surface area (Å²) in [5.41, 5.74) is 1.17.